The largest absolute Gasteiger partial charge is 0.321 e. The number of aromatic nitrogens is 2. The predicted molar refractivity (Wildman–Crippen MR) is 84.4 cm³/mol. The summed E-state index contributed by atoms with van der Waals surface area (Å²) in [5.74, 6) is 1.60. The van der Waals surface area contributed by atoms with Gasteiger partial charge in [0, 0.05) is 11.8 Å². The number of halogens is 1. The average molecular weight is 327 g/mol. The van der Waals surface area contributed by atoms with Gasteiger partial charge in [0.2, 0.25) is 0 Å². The van der Waals surface area contributed by atoms with Crippen molar-refractivity contribution >= 4 is 32.5 Å². The second-order valence-electron chi connectivity index (χ2n) is 6.32. The number of benzene rings is 1. The van der Waals surface area contributed by atoms with Crippen LogP contribution in [0.4, 0.5) is 0 Å². The van der Waals surface area contributed by atoms with E-state index in [0.717, 1.165) is 11.3 Å². The Morgan fingerprint density at radius 1 is 1.38 bits per heavy atom. The number of rotatable bonds is 4. The molecule has 1 aliphatic carbocycles. The van der Waals surface area contributed by atoms with Gasteiger partial charge in [-0.2, -0.15) is 0 Å². The molecule has 0 unspecified atom stereocenters. The molecule has 6 heteroatoms. The van der Waals surface area contributed by atoms with Crippen LogP contribution in [0, 0.1) is 5.92 Å². The number of para-hydroxylation sites is 1. The fourth-order valence-corrected chi connectivity index (χ4v) is 4.13. The van der Waals surface area contributed by atoms with E-state index in [1.54, 1.807) is 12.1 Å². The number of sulfone groups is 1. The molecule has 1 heterocycles. The molecule has 0 bridgehead atoms. The summed E-state index contributed by atoms with van der Waals surface area (Å²) in [5.41, 5.74) is 1.28. The van der Waals surface area contributed by atoms with Gasteiger partial charge in [-0.25, -0.2) is 13.4 Å². The quantitative estimate of drug-likeness (QED) is 0.810. The Hall–Kier alpha value is -1.07. The van der Waals surface area contributed by atoms with Crippen LogP contribution in [0.25, 0.3) is 11.0 Å². The van der Waals surface area contributed by atoms with E-state index in [1.165, 1.54) is 19.1 Å². The van der Waals surface area contributed by atoms with Crippen LogP contribution in [0.5, 0.6) is 0 Å². The minimum absolute atomic E-state index is 0.102. The number of imidazole rings is 1. The molecule has 0 amide bonds. The molecule has 1 fully saturated rings. The smallest absolute Gasteiger partial charge is 0.177 e. The van der Waals surface area contributed by atoms with Crippen LogP contribution in [0.2, 0.25) is 0 Å². The second kappa shape index (κ2) is 4.71. The SMILES string of the molecule is CC(C)(C1CC1)n1c(CCl)nc2c(S(C)(=O)=O)cccc21. The van der Waals surface area contributed by atoms with Crippen molar-refractivity contribution in [2.45, 2.75) is 43.0 Å². The molecule has 1 aromatic carbocycles. The molecule has 0 radical (unpaired) electrons. The van der Waals surface area contributed by atoms with Gasteiger partial charge in [0.05, 0.1) is 16.3 Å². The van der Waals surface area contributed by atoms with Gasteiger partial charge in [-0.1, -0.05) is 6.07 Å². The molecular formula is C15H19ClN2O2S. The molecule has 1 saturated carbocycles. The van der Waals surface area contributed by atoms with Crippen LogP contribution < -0.4 is 0 Å². The first-order chi connectivity index (χ1) is 9.76. The molecule has 1 aromatic heterocycles. The number of hydrogen-bond acceptors (Lipinski definition) is 3. The Kier molecular flexibility index (Phi) is 3.33. The van der Waals surface area contributed by atoms with Crippen LogP contribution in [0.3, 0.4) is 0 Å². The fourth-order valence-electron chi connectivity index (χ4n) is 3.13. The molecule has 21 heavy (non-hydrogen) atoms. The van der Waals surface area contributed by atoms with E-state index in [-0.39, 0.29) is 16.3 Å². The highest BCUT2D eigenvalue weighted by atomic mass is 35.5. The van der Waals surface area contributed by atoms with Crippen molar-refractivity contribution in [3.05, 3.63) is 24.0 Å². The lowest BCUT2D eigenvalue weighted by atomic mass is 9.97. The minimum Gasteiger partial charge on any atom is -0.321 e. The fraction of sp³-hybridized carbons (Fsp3) is 0.533. The van der Waals surface area contributed by atoms with Crippen LogP contribution in [0.1, 0.15) is 32.5 Å². The van der Waals surface area contributed by atoms with E-state index < -0.39 is 9.84 Å². The van der Waals surface area contributed by atoms with E-state index in [4.69, 9.17) is 11.6 Å². The Labute approximate surface area is 130 Å². The Bertz CT molecular complexity index is 804. The lowest BCUT2D eigenvalue weighted by Crippen LogP contribution is -2.30. The van der Waals surface area contributed by atoms with Crippen LogP contribution in [0.15, 0.2) is 23.1 Å². The molecule has 0 N–H and O–H groups in total. The van der Waals surface area contributed by atoms with E-state index in [1.807, 2.05) is 6.07 Å². The monoisotopic (exact) mass is 326 g/mol. The summed E-state index contributed by atoms with van der Waals surface area (Å²) >= 11 is 6.07. The lowest BCUT2D eigenvalue weighted by Gasteiger charge is -2.29. The summed E-state index contributed by atoms with van der Waals surface area (Å²) in [6.07, 6.45) is 3.60. The van der Waals surface area contributed by atoms with Crippen molar-refractivity contribution in [2.24, 2.45) is 5.92 Å². The molecule has 1 aliphatic rings. The first-order valence-electron chi connectivity index (χ1n) is 7.03. The van der Waals surface area contributed by atoms with Crippen molar-refractivity contribution in [1.82, 2.24) is 9.55 Å². The zero-order chi connectivity index (χ0) is 15.4. The summed E-state index contributed by atoms with van der Waals surface area (Å²) in [6.45, 7) is 4.35. The maximum Gasteiger partial charge on any atom is 0.177 e. The number of hydrogen-bond donors (Lipinski definition) is 0. The number of alkyl halides is 1. The van der Waals surface area contributed by atoms with Crippen molar-refractivity contribution < 1.29 is 8.42 Å². The Morgan fingerprint density at radius 3 is 2.57 bits per heavy atom. The van der Waals surface area contributed by atoms with Gasteiger partial charge in [0.1, 0.15) is 11.3 Å². The van der Waals surface area contributed by atoms with Gasteiger partial charge in [-0.15, -0.1) is 11.6 Å². The molecule has 4 nitrogen and oxygen atoms in total. The summed E-state index contributed by atoms with van der Waals surface area (Å²) in [6, 6.07) is 5.31. The molecule has 0 spiro atoms. The third-order valence-electron chi connectivity index (χ3n) is 4.39. The third kappa shape index (κ3) is 2.36. The van der Waals surface area contributed by atoms with Crippen LogP contribution in [-0.4, -0.2) is 24.2 Å². The van der Waals surface area contributed by atoms with Crippen molar-refractivity contribution in [1.29, 1.82) is 0 Å². The van der Waals surface area contributed by atoms with Gasteiger partial charge in [0.15, 0.2) is 9.84 Å². The topological polar surface area (TPSA) is 52.0 Å². The highest BCUT2D eigenvalue weighted by molar-refractivity contribution is 7.91. The lowest BCUT2D eigenvalue weighted by molar-refractivity contribution is 0.306. The molecule has 0 atom stereocenters. The zero-order valence-electron chi connectivity index (χ0n) is 12.4. The van der Waals surface area contributed by atoms with Crippen LogP contribution in [-0.2, 0) is 21.3 Å². The van der Waals surface area contributed by atoms with Crippen molar-refractivity contribution in [2.75, 3.05) is 6.26 Å². The summed E-state index contributed by atoms with van der Waals surface area (Å²) in [7, 11) is -3.31. The minimum atomic E-state index is -3.31. The van der Waals surface area contributed by atoms with Gasteiger partial charge in [-0.05, 0) is 44.7 Å². The van der Waals surface area contributed by atoms with Crippen LogP contribution >= 0.6 is 11.6 Å². The second-order valence-corrected chi connectivity index (χ2v) is 8.57. The maximum absolute atomic E-state index is 12.0. The van der Waals surface area contributed by atoms with Crippen molar-refractivity contribution in [3.63, 3.8) is 0 Å². The molecule has 3 rings (SSSR count). The number of nitrogens with zero attached hydrogens (tertiary/aromatic N) is 2. The van der Waals surface area contributed by atoms with Gasteiger partial charge in [0.25, 0.3) is 0 Å². The first-order valence-corrected chi connectivity index (χ1v) is 9.46. The normalized spacial score (nSPS) is 16.6. The Balaban J connectivity index is 2.35. The zero-order valence-corrected chi connectivity index (χ0v) is 14.0. The standard InChI is InChI=1S/C15H19ClN2O2S/c1-15(2,10-7-8-10)18-11-5-4-6-12(21(3,19)20)14(11)17-13(18)9-16/h4-6,10H,7-9H2,1-3H3. The molecule has 0 aliphatic heterocycles. The molecule has 0 saturated heterocycles. The van der Waals surface area contributed by atoms with E-state index in [2.05, 4.69) is 23.4 Å². The highest BCUT2D eigenvalue weighted by Crippen LogP contribution is 2.46. The van der Waals surface area contributed by atoms with Crippen molar-refractivity contribution in [3.8, 4) is 0 Å². The molecule has 2 aromatic rings. The van der Waals surface area contributed by atoms with E-state index in [0.29, 0.717) is 11.4 Å². The first kappa shape index (κ1) is 14.9. The number of fused-ring (bicyclic) bond motifs is 1. The molecule has 114 valence electrons. The highest BCUT2D eigenvalue weighted by Gasteiger charge is 2.41. The third-order valence-corrected chi connectivity index (χ3v) is 5.76. The summed E-state index contributed by atoms with van der Waals surface area (Å²) < 4.78 is 26.1. The average Bonchev–Trinajstić information content (AvgIpc) is 3.17. The summed E-state index contributed by atoms with van der Waals surface area (Å²) in [4.78, 5) is 4.80. The molecular weight excluding hydrogens is 308 g/mol. The van der Waals surface area contributed by atoms with E-state index in [9.17, 15) is 8.42 Å². The summed E-state index contributed by atoms with van der Waals surface area (Å²) in [5, 5.41) is 0. The maximum atomic E-state index is 12.0. The van der Waals surface area contributed by atoms with E-state index >= 15 is 0 Å². The van der Waals surface area contributed by atoms with Gasteiger partial charge < -0.3 is 4.57 Å². The Morgan fingerprint density at radius 2 is 2.05 bits per heavy atom. The predicted octanol–water partition coefficient (Wildman–Crippen LogP) is 3.32. The van der Waals surface area contributed by atoms with Gasteiger partial charge in [-0.3, -0.25) is 0 Å². The van der Waals surface area contributed by atoms with Gasteiger partial charge >= 0.3 is 0 Å².